The molecule has 0 amide bonds. The molecule has 0 radical (unpaired) electrons. The second kappa shape index (κ2) is 5.25. The van der Waals surface area contributed by atoms with E-state index in [0.29, 0.717) is 6.04 Å². The predicted octanol–water partition coefficient (Wildman–Crippen LogP) is 2.45. The first kappa shape index (κ1) is 11.9. The number of hydrogen-bond acceptors (Lipinski definition) is 3. The molecule has 0 unspecified atom stereocenters. The fourth-order valence-electron chi connectivity index (χ4n) is 3.15. The van der Waals surface area contributed by atoms with Crippen LogP contribution in [0.25, 0.3) is 0 Å². The minimum atomic E-state index is -0.188. The van der Waals surface area contributed by atoms with Crippen LogP contribution in [-0.4, -0.2) is 31.6 Å². The molecule has 0 aromatic heterocycles. The van der Waals surface area contributed by atoms with Crippen LogP contribution in [0.5, 0.6) is 0 Å². The summed E-state index contributed by atoms with van der Waals surface area (Å²) in [5.74, 6) is 0.887. The lowest BCUT2D eigenvalue weighted by molar-refractivity contribution is -0.179. The Kier molecular flexibility index (Phi) is 3.69. The fraction of sp³-hybridized carbons (Fsp3) is 1.00. The van der Waals surface area contributed by atoms with Gasteiger partial charge in [-0.1, -0.05) is 12.8 Å². The van der Waals surface area contributed by atoms with Crippen molar-refractivity contribution in [2.24, 2.45) is 5.92 Å². The predicted molar refractivity (Wildman–Crippen MR) is 66.9 cm³/mol. The first-order valence-electron chi connectivity index (χ1n) is 7.38. The van der Waals surface area contributed by atoms with Crippen LogP contribution in [-0.2, 0) is 9.47 Å². The second-order valence-electron chi connectivity index (χ2n) is 5.92. The number of nitrogens with one attached hydrogen (secondary N) is 1. The fourth-order valence-corrected chi connectivity index (χ4v) is 3.15. The average Bonchev–Trinajstić information content (AvgIpc) is 3.08. The molecule has 0 aromatic carbocycles. The highest BCUT2D eigenvalue weighted by Gasteiger charge is 2.40. The molecule has 0 aromatic rings. The summed E-state index contributed by atoms with van der Waals surface area (Å²) >= 11 is 0. The molecular formula is C14H25NO2. The first-order chi connectivity index (χ1) is 8.36. The summed E-state index contributed by atoms with van der Waals surface area (Å²) in [6, 6.07) is 0.702. The molecule has 2 aliphatic carbocycles. The van der Waals surface area contributed by atoms with Crippen molar-refractivity contribution in [3.63, 3.8) is 0 Å². The molecule has 17 heavy (non-hydrogen) atoms. The smallest absolute Gasteiger partial charge is 0.168 e. The van der Waals surface area contributed by atoms with E-state index >= 15 is 0 Å². The lowest BCUT2D eigenvalue weighted by Gasteiger charge is -2.35. The maximum Gasteiger partial charge on any atom is 0.168 e. The van der Waals surface area contributed by atoms with Crippen molar-refractivity contribution < 1.29 is 9.47 Å². The van der Waals surface area contributed by atoms with E-state index in [4.69, 9.17) is 9.47 Å². The van der Waals surface area contributed by atoms with Gasteiger partial charge in [0.25, 0.3) is 0 Å². The third-order valence-electron chi connectivity index (χ3n) is 4.48. The minimum absolute atomic E-state index is 0.188. The third-order valence-corrected chi connectivity index (χ3v) is 4.48. The summed E-state index contributed by atoms with van der Waals surface area (Å²) in [5, 5.41) is 3.70. The molecule has 1 spiro atoms. The van der Waals surface area contributed by atoms with Crippen LogP contribution in [0, 0.1) is 5.92 Å². The van der Waals surface area contributed by atoms with Crippen LogP contribution in [0.2, 0.25) is 0 Å². The highest BCUT2D eigenvalue weighted by Crippen LogP contribution is 2.36. The Hall–Kier alpha value is -0.120. The Morgan fingerprint density at radius 3 is 2.35 bits per heavy atom. The Bertz CT molecular complexity index is 237. The van der Waals surface area contributed by atoms with Gasteiger partial charge >= 0.3 is 0 Å². The van der Waals surface area contributed by atoms with E-state index in [1.54, 1.807) is 0 Å². The van der Waals surface area contributed by atoms with Crippen LogP contribution in [0.3, 0.4) is 0 Å². The molecule has 1 saturated heterocycles. The van der Waals surface area contributed by atoms with E-state index in [-0.39, 0.29) is 5.79 Å². The van der Waals surface area contributed by atoms with Crippen LogP contribution in [0.15, 0.2) is 0 Å². The summed E-state index contributed by atoms with van der Waals surface area (Å²) in [6.07, 6.45) is 10.4. The summed E-state index contributed by atoms with van der Waals surface area (Å²) in [4.78, 5) is 0. The van der Waals surface area contributed by atoms with Crippen LogP contribution < -0.4 is 5.32 Å². The van der Waals surface area contributed by atoms with Crippen molar-refractivity contribution in [2.75, 3.05) is 19.8 Å². The molecular weight excluding hydrogens is 214 g/mol. The van der Waals surface area contributed by atoms with E-state index in [2.05, 4.69) is 5.32 Å². The van der Waals surface area contributed by atoms with Gasteiger partial charge in [0, 0.05) is 18.9 Å². The van der Waals surface area contributed by atoms with Crippen LogP contribution >= 0.6 is 0 Å². The zero-order valence-electron chi connectivity index (χ0n) is 10.7. The molecule has 1 heterocycles. The van der Waals surface area contributed by atoms with Crippen molar-refractivity contribution in [1.82, 2.24) is 5.32 Å². The van der Waals surface area contributed by atoms with Crippen molar-refractivity contribution in [3.8, 4) is 0 Å². The van der Waals surface area contributed by atoms with Crippen LogP contribution in [0.1, 0.15) is 51.4 Å². The van der Waals surface area contributed by atoms with E-state index in [9.17, 15) is 0 Å². The van der Waals surface area contributed by atoms with Gasteiger partial charge in [-0.3, -0.25) is 0 Å². The second-order valence-corrected chi connectivity index (χ2v) is 5.92. The summed E-state index contributed by atoms with van der Waals surface area (Å²) in [5.41, 5.74) is 0. The van der Waals surface area contributed by atoms with Gasteiger partial charge in [-0.15, -0.1) is 0 Å². The topological polar surface area (TPSA) is 30.5 Å². The molecule has 3 aliphatic rings. The largest absolute Gasteiger partial charge is 0.348 e. The monoisotopic (exact) mass is 239 g/mol. The Morgan fingerprint density at radius 1 is 1.00 bits per heavy atom. The van der Waals surface area contributed by atoms with E-state index < -0.39 is 0 Å². The summed E-state index contributed by atoms with van der Waals surface area (Å²) < 4.78 is 11.5. The SMILES string of the molecule is C(CNC1CCC2(CC1)OCCO2)CC1CC1. The average molecular weight is 239 g/mol. The molecule has 0 bridgehead atoms. The molecule has 1 aliphatic heterocycles. The Balaban J connectivity index is 1.30. The summed E-state index contributed by atoms with van der Waals surface area (Å²) in [6.45, 7) is 2.79. The Labute approximate surface area is 104 Å². The van der Waals surface area contributed by atoms with E-state index in [1.165, 1.54) is 45.1 Å². The molecule has 2 saturated carbocycles. The van der Waals surface area contributed by atoms with Crippen molar-refractivity contribution in [2.45, 2.75) is 63.2 Å². The van der Waals surface area contributed by atoms with Gasteiger partial charge in [0.05, 0.1) is 13.2 Å². The highest BCUT2D eigenvalue weighted by molar-refractivity contribution is 4.85. The molecule has 0 atom stereocenters. The van der Waals surface area contributed by atoms with Crippen molar-refractivity contribution in [3.05, 3.63) is 0 Å². The van der Waals surface area contributed by atoms with Gasteiger partial charge in [-0.25, -0.2) is 0 Å². The Morgan fingerprint density at radius 2 is 1.71 bits per heavy atom. The first-order valence-corrected chi connectivity index (χ1v) is 7.38. The molecule has 3 fully saturated rings. The van der Waals surface area contributed by atoms with Crippen LogP contribution in [0.4, 0.5) is 0 Å². The van der Waals surface area contributed by atoms with Crippen molar-refractivity contribution >= 4 is 0 Å². The maximum atomic E-state index is 5.75. The van der Waals surface area contributed by atoms with Crippen molar-refractivity contribution in [1.29, 1.82) is 0 Å². The van der Waals surface area contributed by atoms with Gasteiger partial charge in [0.15, 0.2) is 5.79 Å². The molecule has 3 nitrogen and oxygen atoms in total. The normalized spacial score (nSPS) is 28.9. The molecule has 3 rings (SSSR count). The standard InChI is InChI=1S/C14H25NO2/c1(2-12-3-4-12)9-15-13-5-7-14(8-6-13)16-10-11-17-14/h12-13,15H,1-11H2. The van der Waals surface area contributed by atoms with E-state index in [0.717, 1.165) is 32.0 Å². The molecule has 1 N–H and O–H groups in total. The van der Waals surface area contributed by atoms with Gasteiger partial charge in [-0.2, -0.15) is 0 Å². The quantitative estimate of drug-likeness (QED) is 0.748. The zero-order chi connectivity index (χ0) is 11.6. The lowest BCUT2D eigenvalue weighted by atomic mass is 9.90. The van der Waals surface area contributed by atoms with Gasteiger partial charge in [0.2, 0.25) is 0 Å². The van der Waals surface area contributed by atoms with E-state index in [1.807, 2.05) is 0 Å². The van der Waals surface area contributed by atoms with Gasteiger partial charge < -0.3 is 14.8 Å². The number of hydrogen-bond donors (Lipinski definition) is 1. The van der Waals surface area contributed by atoms with Gasteiger partial charge in [-0.05, 0) is 38.1 Å². The molecule has 3 heteroatoms. The summed E-state index contributed by atoms with van der Waals surface area (Å²) in [7, 11) is 0. The number of rotatable bonds is 5. The maximum absolute atomic E-state index is 5.75. The van der Waals surface area contributed by atoms with Gasteiger partial charge in [0.1, 0.15) is 0 Å². The highest BCUT2D eigenvalue weighted by atomic mass is 16.7. The minimum Gasteiger partial charge on any atom is -0.348 e. The number of ether oxygens (including phenoxy) is 2. The lowest BCUT2D eigenvalue weighted by Crippen LogP contribution is -2.42. The third kappa shape index (κ3) is 3.21. The molecule has 98 valence electrons. The zero-order valence-corrected chi connectivity index (χ0v) is 10.7.